The summed E-state index contributed by atoms with van der Waals surface area (Å²) >= 11 is 0. The molecule has 0 saturated heterocycles. The zero-order valence-corrected chi connectivity index (χ0v) is 5.31. The van der Waals surface area contributed by atoms with Crippen LogP contribution in [0.3, 0.4) is 0 Å². The summed E-state index contributed by atoms with van der Waals surface area (Å²) < 4.78 is 11.5. The first kappa shape index (κ1) is 6.28. The summed E-state index contributed by atoms with van der Waals surface area (Å²) in [7, 11) is -0.829. The molecule has 0 N–H and O–H groups in total. The van der Waals surface area contributed by atoms with E-state index < -0.39 is 10.0 Å². The van der Waals surface area contributed by atoms with Crippen molar-refractivity contribution in [1.29, 1.82) is 0 Å². The number of halogens is 1. The summed E-state index contributed by atoms with van der Waals surface area (Å²) in [6, 6.07) is -0.146. The zero-order chi connectivity index (χ0) is 5.21. The van der Waals surface area contributed by atoms with Crippen molar-refractivity contribution in [3.63, 3.8) is 0 Å². The molecular weight excluding hydrogens is 99.1 g/mol. The van der Waals surface area contributed by atoms with Gasteiger partial charge in [0.25, 0.3) is 0 Å². The third-order valence-corrected chi connectivity index (χ3v) is 0.982. The van der Waals surface area contributed by atoms with Gasteiger partial charge in [-0.1, -0.05) is 0 Å². The van der Waals surface area contributed by atoms with Crippen LogP contribution in [0.2, 0.25) is 0 Å². The maximum atomic E-state index is 11.5. The molecule has 0 amide bonds. The lowest BCUT2D eigenvalue weighted by Gasteiger charge is -2.18. The maximum absolute atomic E-state index is 11.5. The van der Waals surface area contributed by atoms with Crippen LogP contribution in [0.1, 0.15) is 0 Å². The van der Waals surface area contributed by atoms with Gasteiger partial charge in [-0.2, -0.15) is 0 Å². The molecule has 0 aliphatic rings. The summed E-state index contributed by atoms with van der Waals surface area (Å²) in [4.78, 5) is 0. The van der Waals surface area contributed by atoms with Crippen LogP contribution in [0.4, 0.5) is 4.39 Å². The normalized spacial score (nSPS) is 14.7. The quantitative estimate of drug-likeness (QED) is 0.481. The Morgan fingerprint density at radius 3 is 1.50 bits per heavy atom. The molecule has 0 aromatic rings. The Morgan fingerprint density at radius 2 is 1.50 bits per heavy atom. The molecule has 0 aromatic heterocycles. The molecule has 0 rings (SSSR count). The fourth-order valence-electron chi connectivity index (χ4n) is 0. The minimum absolute atomic E-state index is 0.146. The summed E-state index contributed by atoms with van der Waals surface area (Å²) in [5.74, 6) is 0. The molecule has 0 radical (unpaired) electrons. The van der Waals surface area contributed by atoms with Crippen molar-refractivity contribution >= 4 is 10.0 Å². The predicted octanol–water partition coefficient (Wildman–Crippen LogP) is 1.61. The Balaban J connectivity index is 3.17. The van der Waals surface area contributed by atoms with Crippen LogP contribution in [-0.2, 0) is 0 Å². The Labute approximate surface area is 40.1 Å². The van der Waals surface area contributed by atoms with Gasteiger partial charge in [-0.3, -0.25) is 0 Å². The third-order valence-electron chi connectivity index (χ3n) is 0.327. The fraction of sp³-hybridized carbons (Fsp3) is 1.00. The van der Waals surface area contributed by atoms with E-state index in [4.69, 9.17) is 0 Å². The van der Waals surface area contributed by atoms with Crippen LogP contribution in [0.5, 0.6) is 0 Å². The van der Waals surface area contributed by atoms with Crippen molar-refractivity contribution < 1.29 is 4.39 Å². The van der Waals surface area contributed by atoms with E-state index in [2.05, 4.69) is 0 Å². The molecule has 0 spiro atoms. The van der Waals surface area contributed by atoms with E-state index in [-0.39, 0.29) is 6.01 Å². The Morgan fingerprint density at radius 1 is 1.33 bits per heavy atom. The summed E-state index contributed by atoms with van der Waals surface area (Å²) in [6.45, 7) is 0. The van der Waals surface area contributed by atoms with Gasteiger partial charge in [0.1, 0.15) is 6.01 Å². The highest BCUT2D eigenvalue weighted by molar-refractivity contribution is 8.32. The van der Waals surface area contributed by atoms with Crippen LogP contribution in [0.15, 0.2) is 0 Å². The second-order valence-corrected chi connectivity index (χ2v) is 6.60. The van der Waals surface area contributed by atoms with Crippen LogP contribution >= 0.6 is 10.0 Å². The standard InChI is InChI=1S/C4H11FS/c1-6(2,3)4-5/h4H2,1-3H3. The van der Waals surface area contributed by atoms with E-state index in [1.807, 2.05) is 18.8 Å². The van der Waals surface area contributed by atoms with Crippen molar-refractivity contribution in [3.8, 4) is 0 Å². The molecule has 0 nitrogen and oxygen atoms in total. The van der Waals surface area contributed by atoms with Crippen molar-refractivity contribution in [1.82, 2.24) is 0 Å². The van der Waals surface area contributed by atoms with Crippen molar-refractivity contribution in [2.24, 2.45) is 0 Å². The highest BCUT2D eigenvalue weighted by Crippen LogP contribution is 2.33. The van der Waals surface area contributed by atoms with E-state index in [9.17, 15) is 4.39 Å². The first-order valence-electron chi connectivity index (χ1n) is 1.78. The van der Waals surface area contributed by atoms with Crippen LogP contribution in [0.25, 0.3) is 0 Å². The topological polar surface area (TPSA) is 0 Å². The number of hydrogen-bond donors (Lipinski definition) is 0. The van der Waals surface area contributed by atoms with Gasteiger partial charge in [-0.25, -0.2) is 14.4 Å². The van der Waals surface area contributed by atoms with Gasteiger partial charge < -0.3 is 0 Å². The lowest BCUT2D eigenvalue weighted by molar-refractivity contribution is 0.601. The maximum Gasteiger partial charge on any atom is 0.119 e. The zero-order valence-electron chi connectivity index (χ0n) is 4.49. The molecule has 2 heteroatoms. The smallest absolute Gasteiger partial charge is 0.119 e. The van der Waals surface area contributed by atoms with E-state index in [1.165, 1.54) is 0 Å². The van der Waals surface area contributed by atoms with Crippen molar-refractivity contribution in [2.75, 3.05) is 24.8 Å². The Hall–Kier alpha value is 0.280. The minimum Gasteiger partial charge on any atom is -0.241 e. The van der Waals surface area contributed by atoms with E-state index in [0.717, 1.165) is 0 Å². The molecular formula is C4H11FS. The van der Waals surface area contributed by atoms with Gasteiger partial charge >= 0.3 is 0 Å². The van der Waals surface area contributed by atoms with Gasteiger partial charge in [0.15, 0.2) is 0 Å². The molecule has 0 fully saturated rings. The van der Waals surface area contributed by atoms with Gasteiger partial charge in [0.2, 0.25) is 0 Å². The molecule has 0 aliphatic carbocycles. The first-order chi connectivity index (χ1) is 2.56. The minimum atomic E-state index is -0.829. The van der Waals surface area contributed by atoms with E-state index in [0.29, 0.717) is 0 Å². The first-order valence-corrected chi connectivity index (χ1v) is 4.81. The molecule has 0 unspecified atom stereocenters. The highest BCUT2D eigenvalue weighted by Gasteiger charge is 1.98. The molecule has 0 saturated carbocycles. The fourth-order valence-corrected chi connectivity index (χ4v) is 0. The molecule has 40 valence electrons. The second-order valence-electron chi connectivity index (χ2n) is 2.20. The van der Waals surface area contributed by atoms with E-state index in [1.54, 1.807) is 0 Å². The largest absolute Gasteiger partial charge is 0.241 e. The Bertz CT molecular complexity index is 37.3. The lowest BCUT2D eigenvalue weighted by atomic mass is 11.8. The van der Waals surface area contributed by atoms with Crippen molar-refractivity contribution in [3.05, 3.63) is 0 Å². The van der Waals surface area contributed by atoms with Crippen molar-refractivity contribution in [2.45, 2.75) is 0 Å². The average Bonchev–Trinajstić information content (AvgIpc) is 1.35. The summed E-state index contributed by atoms with van der Waals surface area (Å²) in [5, 5.41) is 0. The SMILES string of the molecule is CS(C)(C)CF. The molecule has 0 heterocycles. The molecule has 0 bridgehead atoms. The highest BCUT2D eigenvalue weighted by atomic mass is 32.3. The summed E-state index contributed by atoms with van der Waals surface area (Å²) in [6.07, 6.45) is 5.85. The van der Waals surface area contributed by atoms with Gasteiger partial charge in [0, 0.05) is 0 Å². The monoisotopic (exact) mass is 110 g/mol. The third kappa shape index (κ3) is 4.28. The Kier molecular flexibility index (Phi) is 1.91. The molecule has 0 aliphatic heterocycles. The number of rotatable bonds is 1. The van der Waals surface area contributed by atoms with Gasteiger partial charge in [-0.05, 0) is 18.8 Å². The second kappa shape index (κ2) is 1.82. The van der Waals surface area contributed by atoms with E-state index >= 15 is 0 Å². The molecule has 0 atom stereocenters. The number of hydrogen-bond acceptors (Lipinski definition) is 0. The lowest BCUT2D eigenvalue weighted by Crippen LogP contribution is -1.90. The molecule has 6 heavy (non-hydrogen) atoms. The van der Waals surface area contributed by atoms with Crippen LogP contribution < -0.4 is 0 Å². The average molecular weight is 110 g/mol. The summed E-state index contributed by atoms with van der Waals surface area (Å²) in [5.41, 5.74) is 0. The van der Waals surface area contributed by atoms with Gasteiger partial charge in [-0.15, -0.1) is 0 Å². The van der Waals surface area contributed by atoms with Crippen LogP contribution in [0, 0.1) is 0 Å². The predicted molar refractivity (Wildman–Crippen MR) is 31.3 cm³/mol. The van der Waals surface area contributed by atoms with Crippen LogP contribution in [-0.4, -0.2) is 24.8 Å². The van der Waals surface area contributed by atoms with Gasteiger partial charge in [0.05, 0.1) is 0 Å². The number of alkyl halides is 1. The molecule has 0 aromatic carbocycles.